The standard InChI is InChI=1S/C10H6.C8H6O2/c1-3-9-5-7-10(4-2)8-6-9;9-5-7-1-2-8(6-10)4-3-7/h1-2,5-8H;1-6H. The average Bonchev–Trinajstić information content (AvgIpc) is 2.55. The normalized spacial score (nSPS) is 8.30. The van der Waals surface area contributed by atoms with E-state index in [0.29, 0.717) is 11.1 Å². The van der Waals surface area contributed by atoms with Gasteiger partial charge in [0.15, 0.2) is 0 Å². The third-order valence-electron chi connectivity index (χ3n) is 2.43. The SMILES string of the molecule is C#Cc1ccc(C#C)cc1.O=Cc1ccc(C=O)cc1. The van der Waals surface area contributed by atoms with Gasteiger partial charge in [-0.1, -0.05) is 36.1 Å². The number of hydrogen-bond acceptors (Lipinski definition) is 2. The minimum Gasteiger partial charge on any atom is -0.298 e. The minimum atomic E-state index is 0.589. The monoisotopic (exact) mass is 260 g/mol. The van der Waals surface area contributed by atoms with E-state index >= 15 is 0 Å². The lowest BCUT2D eigenvalue weighted by atomic mass is 10.1. The van der Waals surface area contributed by atoms with Crippen molar-refractivity contribution in [2.75, 3.05) is 0 Å². The summed E-state index contributed by atoms with van der Waals surface area (Å²) in [5, 5.41) is 0. The molecule has 0 heterocycles. The second-order valence-corrected chi connectivity index (χ2v) is 3.77. The van der Waals surface area contributed by atoms with E-state index in [-0.39, 0.29) is 0 Å². The van der Waals surface area contributed by atoms with Gasteiger partial charge in [-0.2, -0.15) is 0 Å². The summed E-state index contributed by atoms with van der Waals surface area (Å²) < 4.78 is 0. The molecule has 2 aromatic carbocycles. The number of aldehydes is 2. The van der Waals surface area contributed by atoms with E-state index < -0.39 is 0 Å². The third kappa shape index (κ3) is 4.64. The molecule has 0 atom stereocenters. The van der Waals surface area contributed by atoms with Crippen LogP contribution in [-0.4, -0.2) is 12.6 Å². The summed E-state index contributed by atoms with van der Waals surface area (Å²) >= 11 is 0. The molecule has 0 spiro atoms. The van der Waals surface area contributed by atoms with Gasteiger partial charge in [-0.3, -0.25) is 9.59 Å². The first-order chi connectivity index (χ1) is 9.73. The van der Waals surface area contributed by atoms with Crippen LogP contribution in [0.15, 0.2) is 48.5 Å². The molecule has 0 unspecified atom stereocenters. The highest BCUT2D eigenvalue weighted by Gasteiger charge is 1.89. The maximum Gasteiger partial charge on any atom is 0.150 e. The van der Waals surface area contributed by atoms with E-state index in [9.17, 15) is 9.59 Å². The van der Waals surface area contributed by atoms with E-state index in [2.05, 4.69) is 11.8 Å². The molecule has 0 fully saturated rings. The number of carbonyl (C=O) groups is 2. The zero-order valence-electron chi connectivity index (χ0n) is 10.7. The Kier molecular flexibility index (Phi) is 6.04. The van der Waals surface area contributed by atoms with Crippen LogP contribution in [0, 0.1) is 24.7 Å². The molecule has 0 saturated carbocycles. The van der Waals surface area contributed by atoms with Gasteiger partial charge in [-0.05, 0) is 24.3 Å². The van der Waals surface area contributed by atoms with Gasteiger partial charge in [-0.15, -0.1) is 12.8 Å². The Balaban J connectivity index is 0.000000200. The molecule has 20 heavy (non-hydrogen) atoms. The van der Waals surface area contributed by atoms with Gasteiger partial charge in [0.1, 0.15) is 12.6 Å². The topological polar surface area (TPSA) is 34.1 Å². The highest BCUT2D eigenvalue weighted by atomic mass is 16.1. The second kappa shape index (κ2) is 8.08. The molecule has 0 N–H and O–H groups in total. The molecular weight excluding hydrogens is 248 g/mol. The summed E-state index contributed by atoms with van der Waals surface area (Å²) in [6.45, 7) is 0. The first-order valence-corrected chi connectivity index (χ1v) is 5.77. The smallest absolute Gasteiger partial charge is 0.150 e. The lowest BCUT2D eigenvalue weighted by Crippen LogP contribution is -1.81. The van der Waals surface area contributed by atoms with Crippen LogP contribution in [0.4, 0.5) is 0 Å². The average molecular weight is 260 g/mol. The lowest BCUT2D eigenvalue weighted by molar-refractivity contribution is 0.111. The first kappa shape index (κ1) is 15.0. The zero-order valence-corrected chi connectivity index (χ0v) is 10.7. The van der Waals surface area contributed by atoms with Crippen LogP contribution in [-0.2, 0) is 0 Å². The van der Waals surface area contributed by atoms with Crippen LogP contribution < -0.4 is 0 Å². The maximum absolute atomic E-state index is 10.1. The van der Waals surface area contributed by atoms with Crippen LogP contribution in [0.5, 0.6) is 0 Å². The molecule has 0 radical (unpaired) electrons. The molecule has 0 amide bonds. The van der Waals surface area contributed by atoms with Crippen LogP contribution in [0.2, 0.25) is 0 Å². The van der Waals surface area contributed by atoms with Crippen molar-refractivity contribution in [3.63, 3.8) is 0 Å². The van der Waals surface area contributed by atoms with Crippen LogP contribution in [0.3, 0.4) is 0 Å². The van der Waals surface area contributed by atoms with E-state index in [1.165, 1.54) is 0 Å². The summed E-state index contributed by atoms with van der Waals surface area (Å²) in [6.07, 6.45) is 11.8. The number of rotatable bonds is 2. The predicted molar refractivity (Wildman–Crippen MR) is 79.5 cm³/mol. The molecule has 0 saturated heterocycles. The van der Waals surface area contributed by atoms with Crippen LogP contribution in [0.25, 0.3) is 0 Å². The maximum atomic E-state index is 10.1. The number of terminal acetylenes is 2. The quantitative estimate of drug-likeness (QED) is 0.614. The highest BCUT2D eigenvalue weighted by Crippen LogP contribution is 2.00. The summed E-state index contributed by atoms with van der Waals surface area (Å²) in [7, 11) is 0. The molecule has 0 aliphatic rings. The Morgan fingerprint density at radius 2 is 0.950 bits per heavy atom. The second-order valence-electron chi connectivity index (χ2n) is 3.77. The van der Waals surface area contributed by atoms with Crippen molar-refractivity contribution in [2.24, 2.45) is 0 Å². The largest absolute Gasteiger partial charge is 0.298 e. The van der Waals surface area contributed by atoms with Crippen molar-refractivity contribution in [3.8, 4) is 24.7 Å². The van der Waals surface area contributed by atoms with Gasteiger partial charge in [0.25, 0.3) is 0 Å². The fourth-order valence-corrected chi connectivity index (χ4v) is 1.32. The molecule has 2 nitrogen and oxygen atoms in total. The van der Waals surface area contributed by atoms with Crippen molar-refractivity contribution < 1.29 is 9.59 Å². The van der Waals surface area contributed by atoms with Gasteiger partial charge >= 0.3 is 0 Å². The third-order valence-corrected chi connectivity index (χ3v) is 2.43. The Morgan fingerprint density at radius 3 is 1.15 bits per heavy atom. The Morgan fingerprint density at radius 1 is 0.650 bits per heavy atom. The summed E-state index contributed by atoms with van der Waals surface area (Å²) in [4.78, 5) is 20.2. The Labute approximate surface area is 118 Å². The van der Waals surface area contributed by atoms with Crippen molar-refractivity contribution in [2.45, 2.75) is 0 Å². The van der Waals surface area contributed by atoms with Gasteiger partial charge in [0.05, 0.1) is 0 Å². The molecule has 2 rings (SSSR count). The van der Waals surface area contributed by atoms with Gasteiger partial charge in [-0.25, -0.2) is 0 Å². The predicted octanol–water partition coefficient (Wildman–Crippen LogP) is 2.96. The van der Waals surface area contributed by atoms with E-state index in [1.807, 2.05) is 24.3 Å². The zero-order chi connectivity index (χ0) is 14.8. The fraction of sp³-hybridized carbons (Fsp3) is 0. The van der Waals surface area contributed by atoms with Crippen molar-refractivity contribution in [1.29, 1.82) is 0 Å². The van der Waals surface area contributed by atoms with Crippen molar-refractivity contribution in [1.82, 2.24) is 0 Å². The van der Waals surface area contributed by atoms with Gasteiger partial charge in [0.2, 0.25) is 0 Å². The minimum absolute atomic E-state index is 0.589. The van der Waals surface area contributed by atoms with E-state index in [0.717, 1.165) is 23.7 Å². The molecular formula is C18H12O2. The van der Waals surface area contributed by atoms with E-state index in [4.69, 9.17) is 12.8 Å². The number of hydrogen-bond donors (Lipinski definition) is 0. The molecule has 2 heteroatoms. The molecule has 0 aromatic heterocycles. The molecule has 0 aliphatic carbocycles. The van der Waals surface area contributed by atoms with Crippen molar-refractivity contribution in [3.05, 3.63) is 70.8 Å². The van der Waals surface area contributed by atoms with Gasteiger partial charge < -0.3 is 0 Å². The summed E-state index contributed by atoms with van der Waals surface area (Å²) in [5.74, 6) is 5.02. The molecule has 0 bridgehead atoms. The van der Waals surface area contributed by atoms with E-state index in [1.54, 1.807) is 24.3 Å². The fourth-order valence-electron chi connectivity index (χ4n) is 1.32. The molecule has 96 valence electrons. The van der Waals surface area contributed by atoms with Crippen LogP contribution in [0.1, 0.15) is 31.8 Å². The van der Waals surface area contributed by atoms with Crippen molar-refractivity contribution >= 4 is 12.6 Å². The Bertz CT molecular complexity index is 591. The summed E-state index contributed by atoms with van der Waals surface area (Å²) in [6, 6.07) is 13.7. The molecule has 0 aliphatic heterocycles. The van der Waals surface area contributed by atoms with Gasteiger partial charge in [0, 0.05) is 22.3 Å². The lowest BCUT2D eigenvalue weighted by Gasteiger charge is -1.89. The first-order valence-electron chi connectivity index (χ1n) is 5.77. The Hall–Kier alpha value is -3.10. The molecule has 2 aromatic rings. The number of benzene rings is 2. The van der Waals surface area contributed by atoms with Crippen LogP contribution >= 0.6 is 0 Å². The summed E-state index contributed by atoms with van der Waals surface area (Å²) in [5.41, 5.74) is 2.90. The highest BCUT2D eigenvalue weighted by molar-refractivity contribution is 5.79. The number of carbonyl (C=O) groups excluding carboxylic acids is 2.